The summed E-state index contributed by atoms with van der Waals surface area (Å²) < 4.78 is 0. The van der Waals surface area contributed by atoms with Crippen LogP contribution < -0.4 is 5.32 Å². The molecule has 1 amide bonds. The van der Waals surface area contributed by atoms with E-state index in [1.165, 1.54) is 25.7 Å². The van der Waals surface area contributed by atoms with Gasteiger partial charge in [0.2, 0.25) is 5.91 Å². The lowest BCUT2D eigenvalue weighted by Gasteiger charge is -2.34. The van der Waals surface area contributed by atoms with E-state index in [0.29, 0.717) is 18.5 Å². The van der Waals surface area contributed by atoms with Gasteiger partial charge in [-0.3, -0.25) is 9.69 Å². The highest BCUT2D eigenvalue weighted by Crippen LogP contribution is 2.49. The maximum absolute atomic E-state index is 12.3. The van der Waals surface area contributed by atoms with Gasteiger partial charge < -0.3 is 10.4 Å². The zero-order valence-electron chi connectivity index (χ0n) is 13.4. The molecule has 4 nitrogen and oxygen atoms in total. The number of piperidine rings is 1. The van der Waals surface area contributed by atoms with E-state index >= 15 is 0 Å². The Bertz CT molecular complexity index is 387. The van der Waals surface area contributed by atoms with E-state index in [1.54, 1.807) is 0 Å². The molecule has 4 heteroatoms. The summed E-state index contributed by atoms with van der Waals surface area (Å²) in [6, 6.07) is 0.320. The summed E-state index contributed by atoms with van der Waals surface area (Å²) in [5.41, 5.74) is 0. The predicted octanol–water partition coefficient (Wildman–Crippen LogP) is 1.63. The van der Waals surface area contributed by atoms with Crippen LogP contribution in [0.3, 0.4) is 0 Å². The molecule has 0 aromatic rings. The fourth-order valence-corrected chi connectivity index (χ4v) is 4.88. The van der Waals surface area contributed by atoms with E-state index in [4.69, 9.17) is 0 Å². The van der Waals surface area contributed by atoms with Gasteiger partial charge in [0.05, 0.1) is 12.6 Å². The lowest BCUT2D eigenvalue weighted by molar-refractivity contribution is -0.124. The molecule has 6 atom stereocenters. The molecule has 0 aromatic heterocycles. The Labute approximate surface area is 128 Å². The van der Waals surface area contributed by atoms with Gasteiger partial charge in [-0.2, -0.15) is 0 Å². The molecule has 0 spiro atoms. The molecule has 2 saturated carbocycles. The number of amides is 1. The first-order valence-corrected chi connectivity index (χ1v) is 8.72. The number of aliphatic hydroxyl groups is 1. The highest BCUT2D eigenvalue weighted by Gasteiger charge is 2.42. The molecule has 0 radical (unpaired) electrons. The van der Waals surface area contributed by atoms with Gasteiger partial charge in [-0.15, -0.1) is 0 Å². The minimum Gasteiger partial charge on any atom is -0.393 e. The Kier molecular flexibility index (Phi) is 4.55. The summed E-state index contributed by atoms with van der Waals surface area (Å²) in [6.07, 6.45) is 6.09. The summed E-state index contributed by atoms with van der Waals surface area (Å²) in [4.78, 5) is 14.4. The van der Waals surface area contributed by atoms with Crippen LogP contribution >= 0.6 is 0 Å². The first-order valence-electron chi connectivity index (χ1n) is 8.72. The van der Waals surface area contributed by atoms with Crippen molar-refractivity contribution in [3.05, 3.63) is 0 Å². The average Bonchev–Trinajstić information content (AvgIpc) is 3.05. The SMILES string of the molecule is CC1CN(CC(=O)NC(C)C2CC3CCC2C3)CCC1O. The molecule has 120 valence electrons. The molecule has 21 heavy (non-hydrogen) atoms. The summed E-state index contributed by atoms with van der Waals surface area (Å²) in [5.74, 6) is 2.93. The topological polar surface area (TPSA) is 52.6 Å². The smallest absolute Gasteiger partial charge is 0.234 e. The van der Waals surface area contributed by atoms with Gasteiger partial charge in [0.15, 0.2) is 0 Å². The van der Waals surface area contributed by atoms with Crippen molar-refractivity contribution >= 4 is 5.91 Å². The van der Waals surface area contributed by atoms with Crippen molar-refractivity contribution in [2.75, 3.05) is 19.6 Å². The molecule has 2 bridgehead atoms. The third-order valence-corrected chi connectivity index (χ3v) is 6.14. The molecular weight excluding hydrogens is 264 g/mol. The third-order valence-electron chi connectivity index (χ3n) is 6.14. The molecule has 3 aliphatic rings. The molecule has 2 N–H and O–H groups in total. The van der Waals surface area contributed by atoms with Crippen molar-refractivity contribution in [1.82, 2.24) is 10.2 Å². The Hall–Kier alpha value is -0.610. The lowest BCUT2D eigenvalue weighted by atomic mass is 9.84. The van der Waals surface area contributed by atoms with Crippen LogP contribution in [-0.2, 0) is 4.79 Å². The minimum absolute atomic E-state index is 0.161. The Balaban J connectivity index is 1.44. The van der Waals surface area contributed by atoms with Gasteiger partial charge in [-0.25, -0.2) is 0 Å². The van der Waals surface area contributed by atoms with Crippen LogP contribution in [0.5, 0.6) is 0 Å². The maximum atomic E-state index is 12.3. The Morgan fingerprint density at radius 3 is 2.76 bits per heavy atom. The number of hydrogen-bond donors (Lipinski definition) is 2. The summed E-state index contributed by atoms with van der Waals surface area (Å²) in [7, 11) is 0. The molecule has 0 aromatic carbocycles. The Morgan fingerprint density at radius 2 is 2.14 bits per heavy atom. The van der Waals surface area contributed by atoms with E-state index in [-0.39, 0.29) is 17.9 Å². The van der Waals surface area contributed by atoms with Gasteiger partial charge in [0.25, 0.3) is 0 Å². The second-order valence-electron chi connectivity index (χ2n) is 7.76. The fraction of sp³-hybridized carbons (Fsp3) is 0.941. The zero-order chi connectivity index (χ0) is 15.0. The molecule has 6 unspecified atom stereocenters. The second-order valence-corrected chi connectivity index (χ2v) is 7.76. The van der Waals surface area contributed by atoms with Crippen LogP contribution in [0.25, 0.3) is 0 Å². The van der Waals surface area contributed by atoms with Crippen molar-refractivity contribution in [2.24, 2.45) is 23.7 Å². The third kappa shape index (κ3) is 3.42. The van der Waals surface area contributed by atoms with Crippen molar-refractivity contribution in [3.63, 3.8) is 0 Å². The highest BCUT2D eigenvalue weighted by molar-refractivity contribution is 5.78. The van der Waals surface area contributed by atoms with E-state index in [9.17, 15) is 9.90 Å². The number of aliphatic hydroxyl groups excluding tert-OH is 1. The van der Waals surface area contributed by atoms with E-state index < -0.39 is 0 Å². The van der Waals surface area contributed by atoms with Crippen LogP contribution in [0.2, 0.25) is 0 Å². The standard InChI is InChI=1S/C17H30N2O2/c1-11-9-19(6-5-16(11)20)10-17(21)18-12(2)15-8-13-3-4-14(15)7-13/h11-16,20H,3-10H2,1-2H3,(H,18,21). The van der Waals surface area contributed by atoms with Crippen molar-refractivity contribution < 1.29 is 9.90 Å². The largest absolute Gasteiger partial charge is 0.393 e. The molecular formula is C17H30N2O2. The van der Waals surface area contributed by atoms with Crippen molar-refractivity contribution in [2.45, 2.75) is 58.1 Å². The number of hydrogen-bond acceptors (Lipinski definition) is 3. The summed E-state index contributed by atoms with van der Waals surface area (Å²) in [5, 5.41) is 13.0. The fourth-order valence-electron chi connectivity index (χ4n) is 4.88. The quantitative estimate of drug-likeness (QED) is 0.828. The van der Waals surface area contributed by atoms with E-state index in [2.05, 4.69) is 24.1 Å². The van der Waals surface area contributed by atoms with Crippen LogP contribution in [0.15, 0.2) is 0 Å². The van der Waals surface area contributed by atoms with Gasteiger partial charge in [-0.05, 0) is 56.3 Å². The van der Waals surface area contributed by atoms with Crippen LogP contribution in [0, 0.1) is 23.7 Å². The van der Waals surface area contributed by atoms with Crippen molar-refractivity contribution in [1.29, 1.82) is 0 Å². The lowest BCUT2D eigenvalue weighted by Crippen LogP contribution is -2.49. The van der Waals surface area contributed by atoms with Crippen LogP contribution in [-0.4, -0.2) is 47.7 Å². The second kappa shape index (κ2) is 6.25. The Morgan fingerprint density at radius 1 is 1.33 bits per heavy atom. The van der Waals surface area contributed by atoms with Crippen LogP contribution in [0.1, 0.15) is 46.0 Å². The minimum atomic E-state index is -0.197. The number of nitrogens with one attached hydrogen (secondary N) is 1. The normalized spacial score (nSPS) is 41.2. The average molecular weight is 294 g/mol. The highest BCUT2D eigenvalue weighted by atomic mass is 16.3. The molecule has 3 rings (SSSR count). The summed E-state index contributed by atoms with van der Waals surface area (Å²) >= 11 is 0. The van der Waals surface area contributed by atoms with E-state index in [0.717, 1.165) is 31.3 Å². The predicted molar refractivity (Wildman–Crippen MR) is 82.8 cm³/mol. The van der Waals surface area contributed by atoms with Crippen molar-refractivity contribution in [3.8, 4) is 0 Å². The zero-order valence-corrected chi connectivity index (χ0v) is 13.4. The molecule has 2 aliphatic carbocycles. The van der Waals surface area contributed by atoms with Gasteiger partial charge in [0, 0.05) is 19.1 Å². The van der Waals surface area contributed by atoms with E-state index in [1.807, 2.05) is 0 Å². The number of nitrogens with zero attached hydrogens (tertiary/aromatic N) is 1. The number of fused-ring (bicyclic) bond motifs is 2. The molecule has 1 saturated heterocycles. The first kappa shape index (κ1) is 15.3. The van der Waals surface area contributed by atoms with Gasteiger partial charge in [-0.1, -0.05) is 13.3 Å². The number of likely N-dealkylation sites (tertiary alicyclic amines) is 1. The van der Waals surface area contributed by atoms with Gasteiger partial charge >= 0.3 is 0 Å². The first-order chi connectivity index (χ1) is 10.0. The molecule has 1 heterocycles. The number of rotatable bonds is 4. The molecule has 3 fully saturated rings. The molecule has 1 aliphatic heterocycles. The number of carbonyl (C=O) groups is 1. The summed E-state index contributed by atoms with van der Waals surface area (Å²) in [6.45, 7) is 6.40. The monoisotopic (exact) mass is 294 g/mol. The number of carbonyl (C=O) groups excluding carboxylic acids is 1. The van der Waals surface area contributed by atoms with Gasteiger partial charge in [0.1, 0.15) is 0 Å². The maximum Gasteiger partial charge on any atom is 0.234 e. The van der Waals surface area contributed by atoms with Crippen LogP contribution in [0.4, 0.5) is 0 Å².